The summed E-state index contributed by atoms with van der Waals surface area (Å²) in [6.07, 6.45) is 11.6. The quantitative estimate of drug-likeness (QED) is 0.662. The molecule has 2 rings (SSSR count). The molecule has 118 valence electrons. The van der Waals surface area contributed by atoms with Gasteiger partial charge in [-0.05, 0) is 25.7 Å². The van der Waals surface area contributed by atoms with Crippen LogP contribution in [0, 0.1) is 0 Å². The van der Waals surface area contributed by atoms with Crippen molar-refractivity contribution >= 4 is 0 Å². The summed E-state index contributed by atoms with van der Waals surface area (Å²) in [5.74, 6) is 0. The molecule has 0 aliphatic rings. The fourth-order valence-electron chi connectivity index (χ4n) is 2.42. The van der Waals surface area contributed by atoms with Gasteiger partial charge in [-0.15, -0.1) is 10.2 Å². The zero-order valence-corrected chi connectivity index (χ0v) is 13.5. The van der Waals surface area contributed by atoms with Crippen LogP contribution in [-0.2, 0) is 12.8 Å². The molecule has 0 aliphatic heterocycles. The lowest BCUT2D eigenvalue weighted by molar-refractivity contribution is 0.688. The predicted octanol–water partition coefficient (Wildman–Crippen LogP) is 3.19. The predicted molar refractivity (Wildman–Crippen MR) is 85.1 cm³/mol. The van der Waals surface area contributed by atoms with E-state index in [1.807, 2.05) is 0 Å². The fraction of sp³-hybridized carbons (Fsp3) is 0.625. The van der Waals surface area contributed by atoms with Crippen molar-refractivity contribution in [1.29, 1.82) is 0 Å². The van der Waals surface area contributed by atoms with Gasteiger partial charge in [-0.2, -0.15) is 10.2 Å². The van der Waals surface area contributed by atoms with E-state index in [0.717, 1.165) is 48.5 Å². The zero-order chi connectivity index (χ0) is 15.6. The van der Waals surface area contributed by atoms with Crippen LogP contribution in [0.2, 0.25) is 0 Å². The van der Waals surface area contributed by atoms with Crippen molar-refractivity contribution < 1.29 is 0 Å². The molecule has 0 saturated heterocycles. The number of aromatic nitrogens is 6. The lowest BCUT2D eigenvalue weighted by atomic mass is 10.1. The second kappa shape index (κ2) is 9.12. The average Bonchev–Trinajstić information content (AvgIpc) is 2.56. The number of aryl methyl sites for hydroxylation is 2. The van der Waals surface area contributed by atoms with E-state index in [-0.39, 0.29) is 0 Å². The van der Waals surface area contributed by atoms with Gasteiger partial charge in [0, 0.05) is 0 Å². The molecule has 0 aromatic carbocycles. The first-order chi connectivity index (χ1) is 10.9. The van der Waals surface area contributed by atoms with Crippen LogP contribution in [0.15, 0.2) is 12.7 Å². The van der Waals surface area contributed by atoms with Crippen LogP contribution < -0.4 is 0 Å². The van der Waals surface area contributed by atoms with Gasteiger partial charge in [0.2, 0.25) is 0 Å². The molecule has 0 saturated carbocycles. The van der Waals surface area contributed by atoms with Gasteiger partial charge in [0.25, 0.3) is 0 Å². The van der Waals surface area contributed by atoms with Crippen molar-refractivity contribution in [3.8, 4) is 11.4 Å². The first-order valence-corrected chi connectivity index (χ1v) is 8.20. The molecule has 22 heavy (non-hydrogen) atoms. The van der Waals surface area contributed by atoms with E-state index < -0.39 is 0 Å². The van der Waals surface area contributed by atoms with Gasteiger partial charge < -0.3 is 0 Å². The van der Waals surface area contributed by atoms with E-state index in [1.54, 1.807) is 0 Å². The minimum Gasteiger partial charge on any atom is -0.231 e. The Morgan fingerprint density at radius 3 is 1.55 bits per heavy atom. The van der Waals surface area contributed by atoms with E-state index in [9.17, 15) is 0 Å². The maximum Gasteiger partial charge on any atom is 0.138 e. The Hall–Kier alpha value is -1.98. The molecule has 2 aromatic rings. The van der Waals surface area contributed by atoms with Gasteiger partial charge in [-0.3, -0.25) is 0 Å². The van der Waals surface area contributed by atoms with Crippen molar-refractivity contribution in [2.24, 2.45) is 0 Å². The van der Waals surface area contributed by atoms with E-state index in [1.165, 1.54) is 38.3 Å². The molecule has 2 heterocycles. The Bertz CT molecular complexity index is 521. The SMILES string of the molecule is CCCCCc1nncnc1-c1ncnnc1CCCCC. The lowest BCUT2D eigenvalue weighted by Gasteiger charge is -2.09. The summed E-state index contributed by atoms with van der Waals surface area (Å²) in [6.45, 7) is 4.38. The second-order valence-electron chi connectivity index (χ2n) is 5.42. The summed E-state index contributed by atoms with van der Waals surface area (Å²) < 4.78 is 0. The molecule has 0 atom stereocenters. The van der Waals surface area contributed by atoms with Gasteiger partial charge in [0.15, 0.2) is 0 Å². The smallest absolute Gasteiger partial charge is 0.138 e. The topological polar surface area (TPSA) is 77.3 Å². The maximum atomic E-state index is 4.41. The fourth-order valence-corrected chi connectivity index (χ4v) is 2.42. The highest BCUT2D eigenvalue weighted by Crippen LogP contribution is 2.22. The Morgan fingerprint density at radius 2 is 1.14 bits per heavy atom. The molecule has 2 aromatic heterocycles. The van der Waals surface area contributed by atoms with Gasteiger partial charge in [-0.25, -0.2) is 9.97 Å². The molecule has 0 bridgehead atoms. The third-order valence-corrected chi connectivity index (χ3v) is 3.64. The van der Waals surface area contributed by atoms with E-state index >= 15 is 0 Å². The summed E-state index contributed by atoms with van der Waals surface area (Å²) in [5, 5.41) is 16.4. The maximum absolute atomic E-state index is 4.41. The standard InChI is InChI=1S/C16H24N6/c1-3-5-7-9-13-15(17-11-19-21-13)16-14(10-8-6-4-2)22-20-12-18-16/h11-12H,3-10H2,1-2H3. The molecule has 0 fully saturated rings. The molecule has 0 spiro atoms. The van der Waals surface area contributed by atoms with Crippen molar-refractivity contribution in [1.82, 2.24) is 30.4 Å². The number of rotatable bonds is 9. The molecule has 0 unspecified atom stereocenters. The molecule has 0 radical (unpaired) electrons. The van der Waals surface area contributed by atoms with Crippen molar-refractivity contribution in [2.45, 2.75) is 65.2 Å². The number of nitrogens with zero attached hydrogens (tertiary/aromatic N) is 6. The Labute approximate surface area is 131 Å². The zero-order valence-electron chi connectivity index (χ0n) is 13.5. The van der Waals surface area contributed by atoms with Crippen LogP contribution in [0.3, 0.4) is 0 Å². The first-order valence-electron chi connectivity index (χ1n) is 8.20. The molecule has 0 N–H and O–H groups in total. The van der Waals surface area contributed by atoms with Gasteiger partial charge in [0.05, 0.1) is 11.4 Å². The molecular weight excluding hydrogens is 276 g/mol. The average molecular weight is 300 g/mol. The summed E-state index contributed by atoms with van der Waals surface area (Å²) in [7, 11) is 0. The Morgan fingerprint density at radius 1 is 0.682 bits per heavy atom. The van der Waals surface area contributed by atoms with Crippen LogP contribution in [0.4, 0.5) is 0 Å². The third kappa shape index (κ3) is 4.51. The second-order valence-corrected chi connectivity index (χ2v) is 5.42. The van der Waals surface area contributed by atoms with E-state index in [0.29, 0.717) is 0 Å². The van der Waals surface area contributed by atoms with Crippen LogP contribution in [0.5, 0.6) is 0 Å². The Kier molecular flexibility index (Phi) is 6.80. The van der Waals surface area contributed by atoms with Crippen molar-refractivity contribution in [3.63, 3.8) is 0 Å². The lowest BCUT2D eigenvalue weighted by Crippen LogP contribution is -2.06. The largest absolute Gasteiger partial charge is 0.231 e. The van der Waals surface area contributed by atoms with E-state index in [4.69, 9.17) is 0 Å². The van der Waals surface area contributed by atoms with Gasteiger partial charge in [0.1, 0.15) is 24.0 Å². The first kappa shape index (κ1) is 16.4. The highest BCUT2D eigenvalue weighted by molar-refractivity contribution is 5.58. The number of hydrogen-bond acceptors (Lipinski definition) is 6. The molecular formula is C16H24N6. The van der Waals surface area contributed by atoms with E-state index in [2.05, 4.69) is 44.2 Å². The minimum atomic E-state index is 0.813. The highest BCUT2D eigenvalue weighted by atomic mass is 15.2. The summed E-state index contributed by atoms with van der Waals surface area (Å²) >= 11 is 0. The highest BCUT2D eigenvalue weighted by Gasteiger charge is 2.15. The number of unbranched alkanes of at least 4 members (excludes halogenated alkanes) is 4. The van der Waals surface area contributed by atoms with Gasteiger partial charge in [-0.1, -0.05) is 39.5 Å². The Balaban J connectivity index is 2.23. The molecule has 6 nitrogen and oxygen atoms in total. The van der Waals surface area contributed by atoms with Crippen LogP contribution >= 0.6 is 0 Å². The summed E-state index contributed by atoms with van der Waals surface area (Å²) in [5.41, 5.74) is 3.45. The minimum absolute atomic E-state index is 0.813. The van der Waals surface area contributed by atoms with Crippen molar-refractivity contribution in [3.05, 3.63) is 24.0 Å². The summed E-state index contributed by atoms with van der Waals surface area (Å²) in [4.78, 5) is 8.83. The molecule has 0 amide bonds. The molecule has 0 aliphatic carbocycles. The van der Waals surface area contributed by atoms with Crippen LogP contribution in [-0.4, -0.2) is 30.4 Å². The van der Waals surface area contributed by atoms with Gasteiger partial charge >= 0.3 is 0 Å². The van der Waals surface area contributed by atoms with Crippen LogP contribution in [0.1, 0.15) is 63.8 Å². The van der Waals surface area contributed by atoms with Crippen LogP contribution in [0.25, 0.3) is 11.4 Å². The summed E-state index contributed by atoms with van der Waals surface area (Å²) in [6, 6.07) is 0. The van der Waals surface area contributed by atoms with Crippen molar-refractivity contribution in [2.75, 3.05) is 0 Å². The monoisotopic (exact) mass is 300 g/mol. The third-order valence-electron chi connectivity index (χ3n) is 3.64. The normalized spacial score (nSPS) is 10.8. The number of hydrogen-bond donors (Lipinski definition) is 0. The molecule has 6 heteroatoms.